The Balaban J connectivity index is 0.00000179. The molecule has 4 atom stereocenters. The molecule has 10 saturated heterocycles. The van der Waals surface area contributed by atoms with Crippen LogP contribution in [0.4, 0.5) is 0 Å². The van der Waals surface area contributed by atoms with Crippen LogP contribution in [0, 0.1) is 0 Å². The third-order valence-corrected chi connectivity index (χ3v) is 76.3. The van der Waals surface area contributed by atoms with Crippen LogP contribution in [-0.2, 0) is 23.0 Å². The Bertz CT molecular complexity index is 1910. The number of hydrogen-bond acceptors (Lipinski definition) is 0. The molecule has 0 aromatic heterocycles. The maximum atomic E-state index is 2.55. The van der Waals surface area contributed by atoms with E-state index in [2.05, 4.69) is 121 Å². The predicted octanol–water partition coefficient (Wildman–Crippen LogP) is 7.45. The molecule has 0 bridgehead atoms. The fraction of sp³-hybridized carbons (Fsp3) is 0.294. The first-order valence-corrected chi connectivity index (χ1v) is 23.0. The minimum atomic E-state index is -3.82. The van der Waals surface area contributed by atoms with Gasteiger partial charge in [-0.2, -0.15) is 0 Å². The molecule has 0 amide bonds. The van der Waals surface area contributed by atoms with Gasteiger partial charge in [-0.05, 0) is 0 Å². The van der Waals surface area contributed by atoms with Gasteiger partial charge in [-0.3, -0.25) is 0 Å². The van der Waals surface area contributed by atoms with Gasteiger partial charge in [0.25, 0.3) is 0 Å². The van der Waals surface area contributed by atoms with Crippen LogP contribution in [-0.4, -0.2) is 8.11 Å². The Hall–Kier alpha value is -1.25. The third kappa shape index (κ3) is 0.485. The first kappa shape index (κ1) is 19.8. The minimum absolute atomic E-state index is 0. The topological polar surface area (TPSA) is 0 Å². The van der Waals surface area contributed by atoms with E-state index in [-0.39, 0.29) is 32.3 Å². The molecular formula is C34H28FeNiP2. The zero-order chi connectivity index (χ0) is 23.5. The molecule has 0 aliphatic carbocycles. The molecule has 10 heterocycles. The summed E-state index contributed by atoms with van der Waals surface area (Å²) >= 11 is 0. The van der Waals surface area contributed by atoms with E-state index in [9.17, 15) is 0 Å². The summed E-state index contributed by atoms with van der Waals surface area (Å²) < 4.78 is 1.48. The van der Waals surface area contributed by atoms with Crippen molar-refractivity contribution >= 4 is 37.1 Å². The normalized spacial score (nSPS) is 61.4. The molecule has 4 heteroatoms. The summed E-state index contributed by atoms with van der Waals surface area (Å²) in [6.45, 7) is -3.82. The predicted molar refractivity (Wildman–Crippen MR) is 154 cm³/mol. The third-order valence-electron chi connectivity index (χ3n) is 19.4. The SMILES string of the molecule is [Ni].c1ccc(P(c2ccccc2)[C]23[CH]4[CH]5[CH]6[C]2(P(c2ccccc2)c2ccccc2)[Fe]54632789[CH]3[CH]2[CH]7[CH]8[CH]39)cc1. The molecule has 192 valence electrons. The fourth-order valence-corrected chi connectivity index (χ4v) is 126. The molecular weight excluding hydrogens is 585 g/mol. The van der Waals surface area contributed by atoms with Crippen LogP contribution in [0.25, 0.3) is 0 Å². The summed E-state index contributed by atoms with van der Waals surface area (Å²) in [6, 6.07) is 48.2. The fourth-order valence-electron chi connectivity index (χ4n) is 20.9. The average Bonchev–Trinajstić information content (AvgIpc) is 3.92. The van der Waals surface area contributed by atoms with Gasteiger partial charge in [-0.15, -0.1) is 0 Å². The summed E-state index contributed by atoms with van der Waals surface area (Å²) in [7, 11) is -0.628. The van der Waals surface area contributed by atoms with Crippen LogP contribution < -0.4 is 21.2 Å². The van der Waals surface area contributed by atoms with Gasteiger partial charge in [0.15, 0.2) is 0 Å². The Labute approximate surface area is 226 Å². The van der Waals surface area contributed by atoms with Crippen molar-refractivity contribution in [2.24, 2.45) is 0 Å². The van der Waals surface area contributed by atoms with Crippen LogP contribution in [0.2, 0.25) is 38.5 Å². The molecule has 14 rings (SSSR count). The number of fused-ring (bicyclic) bond motifs is 10. The summed E-state index contributed by atoms with van der Waals surface area (Å²) in [5, 5.41) is 6.86. The summed E-state index contributed by atoms with van der Waals surface area (Å²) in [5.41, 5.74) is 0. The van der Waals surface area contributed by atoms with E-state index in [4.69, 9.17) is 0 Å². The van der Waals surface area contributed by atoms with Crippen molar-refractivity contribution in [3.8, 4) is 0 Å². The van der Waals surface area contributed by atoms with Crippen molar-refractivity contribution < 1.29 is 23.0 Å². The molecule has 4 unspecified atom stereocenters. The first-order valence-electron chi connectivity index (χ1n) is 14.1. The average molecular weight is 613 g/mol. The molecule has 0 N–H and O–H groups in total. The molecule has 10 aliphatic rings. The Kier molecular flexibility index (Phi) is 1.62. The Morgan fingerprint density at radius 2 is 0.658 bits per heavy atom. The van der Waals surface area contributed by atoms with Gasteiger partial charge in [0.2, 0.25) is 0 Å². The van der Waals surface area contributed by atoms with E-state index >= 15 is 0 Å². The zero-order valence-corrected chi connectivity index (χ0v) is 24.6. The van der Waals surface area contributed by atoms with Gasteiger partial charge in [-0.25, -0.2) is 0 Å². The van der Waals surface area contributed by atoms with Crippen LogP contribution in [0.15, 0.2) is 121 Å². The van der Waals surface area contributed by atoms with E-state index in [1.165, 1.54) is 38.5 Å². The van der Waals surface area contributed by atoms with E-state index in [1.807, 2.05) is 0 Å². The Morgan fingerprint density at radius 1 is 0.395 bits per heavy atom. The Morgan fingerprint density at radius 3 is 0.868 bits per heavy atom. The number of rotatable bonds is 6. The monoisotopic (exact) mass is 612 g/mol. The van der Waals surface area contributed by atoms with Gasteiger partial charge < -0.3 is 0 Å². The molecule has 10 fully saturated rings. The second kappa shape index (κ2) is 3.11. The van der Waals surface area contributed by atoms with Gasteiger partial charge in [-0.1, -0.05) is 0 Å². The quantitative estimate of drug-likeness (QED) is 0.157. The van der Waals surface area contributed by atoms with E-state index in [1.54, 1.807) is 21.2 Å². The number of hydrogen-bond donors (Lipinski definition) is 0. The van der Waals surface area contributed by atoms with Crippen molar-refractivity contribution in [3.63, 3.8) is 0 Å². The first-order chi connectivity index (χ1) is 18.1. The summed E-state index contributed by atoms with van der Waals surface area (Å²) in [5.74, 6) is 0. The van der Waals surface area contributed by atoms with Gasteiger partial charge in [0.1, 0.15) is 0 Å². The van der Waals surface area contributed by atoms with Crippen molar-refractivity contribution in [1.29, 1.82) is 0 Å². The zero-order valence-electron chi connectivity index (χ0n) is 20.7. The van der Waals surface area contributed by atoms with Crippen LogP contribution in [0.1, 0.15) is 0 Å². The molecule has 4 aromatic carbocycles. The molecule has 0 radical (unpaired) electrons. The van der Waals surface area contributed by atoms with Gasteiger partial charge in [0, 0.05) is 16.5 Å². The summed E-state index contributed by atoms with van der Waals surface area (Å²) in [4.78, 5) is 10.2. The molecule has 38 heavy (non-hydrogen) atoms. The molecule has 1 spiro atoms. The molecule has 0 saturated carbocycles. The second-order valence-electron chi connectivity index (χ2n) is 15.7. The van der Waals surface area contributed by atoms with Crippen LogP contribution in [0.3, 0.4) is 0 Å². The van der Waals surface area contributed by atoms with Crippen molar-refractivity contribution in [2.75, 3.05) is 0 Å². The van der Waals surface area contributed by atoms with E-state index < -0.39 is 6.51 Å². The van der Waals surface area contributed by atoms with E-state index in [0.717, 1.165) is 8.11 Å². The van der Waals surface area contributed by atoms with Crippen LogP contribution >= 0.6 is 15.8 Å². The van der Waals surface area contributed by atoms with E-state index in [0.29, 0.717) is 0 Å². The van der Waals surface area contributed by atoms with Crippen LogP contribution in [0.5, 0.6) is 0 Å². The molecule has 10 aliphatic heterocycles. The standard InChI is InChI=1S/C29H23P2.C5H5.Fe.Ni/c1-5-14-24(15-6-1)30(25-16-7-2-8-17-25)28-22-13-23-29(28)31(26-18-9-3-10-19-26)27-20-11-4-12-21-27;1-2-4-5-3-1;;/h1-23H;1-5H;;. The van der Waals surface area contributed by atoms with Crippen molar-refractivity contribution in [2.45, 2.75) is 46.6 Å². The van der Waals surface area contributed by atoms with Gasteiger partial charge in [0.05, 0.1) is 0 Å². The second-order valence-corrected chi connectivity index (χ2v) is 44.5. The summed E-state index contributed by atoms with van der Waals surface area (Å²) in [6.07, 6.45) is 0. The molecule has 0 nitrogen and oxygen atoms in total. The van der Waals surface area contributed by atoms with Crippen molar-refractivity contribution in [1.82, 2.24) is 0 Å². The van der Waals surface area contributed by atoms with Gasteiger partial charge >= 0.3 is 212 Å². The number of benzene rings is 4. The maximum absolute atomic E-state index is 3.82. The van der Waals surface area contributed by atoms with Crippen molar-refractivity contribution in [3.05, 3.63) is 121 Å². The molecule has 4 aromatic rings.